The van der Waals surface area contributed by atoms with Crippen LogP contribution in [-0.4, -0.2) is 36.8 Å². The number of nitrogens with zero attached hydrogens (tertiary/aromatic N) is 1. The van der Waals surface area contributed by atoms with Gasteiger partial charge in [-0.3, -0.25) is 9.59 Å². The van der Waals surface area contributed by atoms with Crippen LogP contribution < -0.4 is 10.2 Å². The Labute approximate surface area is 214 Å². The molecule has 4 aromatic rings. The Morgan fingerprint density at radius 3 is 2.46 bits per heavy atom. The van der Waals surface area contributed by atoms with E-state index in [0.29, 0.717) is 35.3 Å². The van der Waals surface area contributed by atoms with Gasteiger partial charge in [0.15, 0.2) is 15.3 Å². The van der Waals surface area contributed by atoms with Gasteiger partial charge < -0.3 is 14.1 Å². The molecule has 2 unspecified atom stereocenters. The summed E-state index contributed by atoms with van der Waals surface area (Å²) in [5.41, 5.74) is 2.96. The van der Waals surface area contributed by atoms with Crippen LogP contribution in [0.5, 0.6) is 5.75 Å². The molecular weight excluding hydrogens is 490 g/mol. The minimum Gasteiger partial charge on any atom is -0.489 e. The summed E-state index contributed by atoms with van der Waals surface area (Å²) in [6.45, 7) is 2.30. The van der Waals surface area contributed by atoms with Crippen LogP contribution in [0.1, 0.15) is 45.3 Å². The SMILES string of the molecule is Cc1ccc2oc3c(c(=O)c2c1)C(c1ccc(OCc2ccccc2)cc1)N(C1CCS(=O)(=O)C1)C3=O. The zero-order valence-corrected chi connectivity index (χ0v) is 21.0. The summed E-state index contributed by atoms with van der Waals surface area (Å²) in [5.74, 6) is 0.0626. The van der Waals surface area contributed by atoms with Gasteiger partial charge in [-0.2, -0.15) is 0 Å². The Balaban J connectivity index is 1.42. The van der Waals surface area contributed by atoms with E-state index in [-0.39, 0.29) is 28.3 Å². The predicted octanol–water partition coefficient (Wildman–Crippen LogP) is 4.41. The molecular formula is C29H25NO6S. The van der Waals surface area contributed by atoms with E-state index in [1.165, 1.54) is 4.90 Å². The maximum Gasteiger partial charge on any atom is 0.291 e. The van der Waals surface area contributed by atoms with Gasteiger partial charge in [0.1, 0.15) is 17.9 Å². The smallest absolute Gasteiger partial charge is 0.291 e. The number of carbonyl (C=O) groups excluding carboxylic acids is 1. The molecule has 7 nitrogen and oxygen atoms in total. The van der Waals surface area contributed by atoms with Crippen molar-refractivity contribution in [2.75, 3.05) is 11.5 Å². The molecule has 188 valence electrons. The van der Waals surface area contributed by atoms with E-state index in [2.05, 4.69) is 0 Å². The van der Waals surface area contributed by atoms with Crippen LogP contribution in [0, 0.1) is 6.92 Å². The standard InChI is InChI=1S/C29H25NO6S/c1-18-7-12-24-23(15-18)27(31)25-26(30(29(32)28(25)36-24)21-13-14-37(33,34)17-21)20-8-10-22(11-9-20)35-16-19-5-3-2-4-6-19/h2-12,15,21,26H,13-14,16-17H2,1H3. The molecule has 2 aliphatic rings. The third-order valence-corrected chi connectivity index (χ3v) is 8.86. The molecule has 0 N–H and O–H groups in total. The Hall–Kier alpha value is -3.91. The molecule has 0 spiro atoms. The highest BCUT2D eigenvalue weighted by Crippen LogP contribution is 2.41. The Kier molecular flexibility index (Phi) is 5.64. The molecule has 37 heavy (non-hydrogen) atoms. The van der Waals surface area contributed by atoms with E-state index in [9.17, 15) is 18.0 Å². The van der Waals surface area contributed by atoms with Gasteiger partial charge in [-0.25, -0.2) is 8.42 Å². The first-order chi connectivity index (χ1) is 17.8. The highest BCUT2D eigenvalue weighted by Gasteiger charge is 2.48. The van der Waals surface area contributed by atoms with E-state index >= 15 is 0 Å². The maximum absolute atomic E-state index is 13.7. The van der Waals surface area contributed by atoms with Crippen LogP contribution in [-0.2, 0) is 16.4 Å². The second kappa shape index (κ2) is 8.88. The van der Waals surface area contributed by atoms with Crippen molar-refractivity contribution < 1.29 is 22.4 Å². The van der Waals surface area contributed by atoms with E-state index in [1.54, 1.807) is 24.3 Å². The largest absolute Gasteiger partial charge is 0.489 e. The molecule has 0 aliphatic carbocycles. The molecule has 3 heterocycles. The van der Waals surface area contributed by atoms with Gasteiger partial charge in [-0.15, -0.1) is 0 Å². The normalized spacial score (nSPS) is 20.4. The molecule has 0 radical (unpaired) electrons. The third-order valence-electron chi connectivity index (χ3n) is 7.11. The minimum atomic E-state index is -3.27. The molecule has 8 heteroatoms. The molecule has 6 rings (SSSR count). The quantitative estimate of drug-likeness (QED) is 0.391. The lowest BCUT2D eigenvalue weighted by molar-refractivity contribution is 0.0662. The number of ether oxygens (including phenoxy) is 1. The summed E-state index contributed by atoms with van der Waals surface area (Å²) in [4.78, 5) is 28.9. The van der Waals surface area contributed by atoms with Crippen molar-refractivity contribution in [3.63, 3.8) is 0 Å². The predicted molar refractivity (Wildman–Crippen MR) is 140 cm³/mol. The van der Waals surface area contributed by atoms with Crippen LogP contribution >= 0.6 is 0 Å². The summed E-state index contributed by atoms with van der Waals surface area (Å²) in [6, 6.07) is 21.0. The summed E-state index contributed by atoms with van der Waals surface area (Å²) in [7, 11) is -3.27. The lowest BCUT2D eigenvalue weighted by Gasteiger charge is -2.30. The molecule has 1 amide bonds. The number of fused-ring (bicyclic) bond motifs is 2. The number of benzene rings is 3. The second-order valence-electron chi connectivity index (χ2n) is 9.69. The third kappa shape index (κ3) is 4.21. The average Bonchev–Trinajstić information content (AvgIpc) is 3.40. The van der Waals surface area contributed by atoms with E-state index in [4.69, 9.17) is 9.15 Å². The zero-order valence-electron chi connectivity index (χ0n) is 20.2. The molecule has 0 bridgehead atoms. The molecule has 1 fully saturated rings. The average molecular weight is 516 g/mol. The van der Waals surface area contributed by atoms with Crippen molar-refractivity contribution in [3.8, 4) is 5.75 Å². The number of rotatable bonds is 5. The van der Waals surface area contributed by atoms with Crippen molar-refractivity contribution in [1.82, 2.24) is 4.90 Å². The first kappa shape index (κ1) is 23.5. The van der Waals surface area contributed by atoms with Crippen molar-refractivity contribution in [3.05, 3.63) is 111 Å². The van der Waals surface area contributed by atoms with Gasteiger partial charge in [0.05, 0.1) is 28.5 Å². The maximum atomic E-state index is 13.7. The van der Waals surface area contributed by atoms with Gasteiger partial charge in [-0.05, 0) is 48.7 Å². The lowest BCUT2D eigenvalue weighted by atomic mass is 9.97. The van der Waals surface area contributed by atoms with Crippen molar-refractivity contribution in [2.24, 2.45) is 0 Å². The van der Waals surface area contributed by atoms with E-state index < -0.39 is 27.8 Å². The molecule has 2 aliphatic heterocycles. The highest BCUT2D eigenvalue weighted by atomic mass is 32.2. The number of hydrogen-bond acceptors (Lipinski definition) is 6. The molecule has 1 saturated heterocycles. The van der Waals surface area contributed by atoms with E-state index in [1.807, 2.05) is 55.5 Å². The topological polar surface area (TPSA) is 93.9 Å². The van der Waals surface area contributed by atoms with Gasteiger partial charge in [0.2, 0.25) is 5.76 Å². The van der Waals surface area contributed by atoms with Crippen LogP contribution in [0.15, 0.2) is 82.0 Å². The van der Waals surface area contributed by atoms with Gasteiger partial charge in [0.25, 0.3) is 5.91 Å². The fourth-order valence-electron chi connectivity index (χ4n) is 5.29. The fourth-order valence-corrected chi connectivity index (χ4v) is 7.00. The first-order valence-corrected chi connectivity index (χ1v) is 14.0. The van der Waals surface area contributed by atoms with Crippen LogP contribution in [0.4, 0.5) is 0 Å². The molecule has 3 aromatic carbocycles. The lowest BCUT2D eigenvalue weighted by Crippen LogP contribution is -2.40. The van der Waals surface area contributed by atoms with Crippen LogP contribution in [0.2, 0.25) is 0 Å². The summed E-state index contributed by atoms with van der Waals surface area (Å²) in [6.07, 6.45) is 0.323. The minimum absolute atomic E-state index is 0.0132. The summed E-state index contributed by atoms with van der Waals surface area (Å²) >= 11 is 0. The fraction of sp³-hybridized carbons (Fsp3) is 0.241. The summed E-state index contributed by atoms with van der Waals surface area (Å²) in [5, 5.41) is 0.403. The molecule has 0 saturated carbocycles. The molecule has 1 aromatic heterocycles. The number of carbonyl (C=O) groups is 1. The van der Waals surface area contributed by atoms with Gasteiger partial charge in [-0.1, -0.05) is 54.1 Å². The van der Waals surface area contributed by atoms with Crippen molar-refractivity contribution in [2.45, 2.75) is 32.0 Å². The number of hydrogen-bond donors (Lipinski definition) is 0. The van der Waals surface area contributed by atoms with Gasteiger partial charge in [0, 0.05) is 6.04 Å². The zero-order chi connectivity index (χ0) is 25.7. The number of amides is 1. The molecule has 2 atom stereocenters. The number of sulfone groups is 1. The van der Waals surface area contributed by atoms with Crippen molar-refractivity contribution in [1.29, 1.82) is 0 Å². The van der Waals surface area contributed by atoms with Crippen LogP contribution in [0.25, 0.3) is 11.0 Å². The first-order valence-electron chi connectivity index (χ1n) is 12.2. The van der Waals surface area contributed by atoms with E-state index in [0.717, 1.165) is 11.1 Å². The summed E-state index contributed by atoms with van der Waals surface area (Å²) < 4.78 is 36.5. The Bertz CT molecular complexity index is 1680. The Morgan fingerprint density at radius 1 is 1.00 bits per heavy atom. The van der Waals surface area contributed by atoms with Crippen LogP contribution in [0.3, 0.4) is 0 Å². The Morgan fingerprint density at radius 2 is 1.76 bits per heavy atom. The van der Waals surface area contributed by atoms with Crippen molar-refractivity contribution >= 4 is 26.7 Å². The number of aryl methyl sites for hydroxylation is 1. The van der Waals surface area contributed by atoms with Gasteiger partial charge >= 0.3 is 0 Å². The second-order valence-corrected chi connectivity index (χ2v) is 11.9. The highest BCUT2D eigenvalue weighted by molar-refractivity contribution is 7.91. The monoisotopic (exact) mass is 515 g/mol.